The van der Waals surface area contributed by atoms with Gasteiger partial charge in [0.15, 0.2) is 0 Å². The number of anilines is 1. The van der Waals surface area contributed by atoms with E-state index in [1.54, 1.807) is 12.1 Å². The smallest absolute Gasteiger partial charge is 0.138 e. The van der Waals surface area contributed by atoms with Gasteiger partial charge in [0, 0.05) is 19.3 Å². The number of aryl methyl sites for hydroxylation is 1. The third kappa shape index (κ3) is 4.08. The Morgan fingerprint density at radius 3 is 2.71 bits per heavy atom. The number of rotatable bonds is 3. The van der Waals surface area contributed by atoms with Gasteiger partial charge in [-0.25, -0.2) is 4.39 Å². The normalized spacial score (nSPS) is 9.90. The first-order chi connectivity index (χ1) is 10.1. The first-order valence-corrected chi connectivity index (χ1v) is 6.85. The Bertz CT molecular complexity index is 683. The number of halogens is 1. The van der Waals surface area contributed by atoms with E-state index in [2.05, 4.69) is 41.9 Å². The Morgan fingerprint density at radius 2 is 2.00 bits per heavy atom. The van der Waals surface area contributed by atoms with E-state index in [9.17, 15) is 4.39 Å². The van der Waals surface area contributed by atoms with Gasteiger partial charge in [-0.2, -0.15) is 0 Å². The second-order valence-corrected chi connectivity index (χ2v) is 5.02. The van der Waals surface area contributed by atoms with Crippen molar-refractivity contribution < 1.29 is 4.39 Å². The van der Waals surface area contributed by atoms with E-state index in [0.29, 0.717) is 12.1 Å². The zero-order valence-corrected chi connectivity index (χ0v) is 12.4. The van der Waals surface area contributed by atoms with Gasteiger partial charge in [-0.1, -0.05) is 30.0 Å². The van der Waals surface area contributed by atoms with E-state index in [-0.39, 0.29) is 12.4 Å². The summed E-state index contributed by atoms with van der Waals surface area (Å²) in [4.78, 5) is 2.13. The van der Waals surface area contributed by atoms with Crippen LogP contribution in [0.4, 0.5) is 10.1 Å². The first-order valence-electron chi connectivity index (χ1n) is 6.85. The third-order valence-electron chi connectivity index (χ3n) is 3.22. The van der Waals surface area contributed by atoms with Crippen LogP contribution in [0.2, 0.25) is 0 Å². The maximum Gasteiger partial charge on any atom is 0.138 e. The molecule has 0 saturated carbocycles. The van der Waals surface area contributed by atoms with Gasteiger partial charge in [-0.05, 0) is 42.3 Å². The van der Waals surface area contributed by atoms with E-state index in [0.717, 1.165) is 11.3 Å². The lowest BCUT2D eigenvalue weighted by atomic mass is 10.1. The molecule has 0 heterocycles. The summed E-state index contributed by atoms with van der Waals surface area (Å²) in [6.07, 6.45) is 0. The standard InChI is InChI=1S/C18H19FN2/c1-14-5-3-7-17(11-14)21(2)13-15-8-9-18(19)16(12-15)6-4-10-20/h3,5,7-9,11-12H,10,13,20H2,1-2H3. The molecule has 2 rings (SSSR count). The molecule has 0 fully saturated rings. The Labute approximate surface area is 125 Å². The lowest BCUT2D eigenvalue weighted by Gasteiger charge is -2.20. The summed E-state index contributed by atoms with van der Waals surface area (Å²) in [6.45, 7) is 2.99. The van der Waals surface area contributed by atoms with Crippen molar-refractivity contribution in [1.29, 1.82) is 0 Å². The van der Waals surface area contributed by atoms with Crippen LogP contribution in [-0.4, -0.2) is 13.6 Å². The van der Waals surface area contributed by atoms with Crippen LogP contribution in [0.25, 0.3) is 0 Å². The van der Waals surface area contributed by atoms with Gasteiger partial charge in [0.25, 0.3) is 0 Å². The molecule has 0 aliphatic carbocycles. The molecular formula is C18H19FN2. The van der Waals surface area contributed by atoms with E-state index in [1.165, 1.54) is 11.6 Å². The average molecular weight is 282 g/mol. The predicted molar refractivity (Wildman–Crippen MR) is 85.6 cm³/mol. The Balaban J connectivity index is 2.19. The average Bonchev–Trinajstić information content (AvgIpc) is 2.47. The molecule has 0 atom stereocenters. The van der Waals surface area contributed by atoms with Crippen LogP contribution in [0.3, 0.4) is 0 Å². The molecule has 2 nitrogen and oxygen atoms in total. The quantitative estimate of drug-likeness (QED) is 0.877. The molecule has 0 radical (unpaired) electrons. The van der Waals surface area contributed by atoms with Crippen LogP contribution in [-0.2, 0) is 6.54 Å². The molecule has 0 unspecified atom stereocenters. The summed E-state index contributed by atoms with van der Waals surface area (Å²) in [5, 5.41) is 0. The van der Waals surface area contributed by atoms with E-state index in [4.69, 9.17) is 5.73 Å². The van der Waals surface area contributed by atoms with Crippen LogP contribution in [0.15, 0.2) is 42.5 Å². The van der Waals surface area contributed by atoms with Crippen molar-refractivity contribution in [2.75, 3.05) is 18.5 Å². The van der Waals surface area contributed by atoms with Crippen LogP contribution in [0.1, 0.15) is 16.7 Å². The van der Waals surface area contributed by atoms with Crippen LogP contribution in [0, 0.1) is 24.6 Å². The minimum atomic E-state index is -0.307. The third-order valence-corrected chi connectivity index (χ3v) is 3.22. The highest BCUT2D eigenvalue weighted by atomic mass is 19.1. The minimum absolute atomic E-state index is 0.229. The fourth-order valence-electron chi connectivity index (χ4n) is 2.14. The first kappa shape index (κ1) is 15.1. The Hall–Kier alpha value is -2.31. The predicted octanol–water partition coefficient (Wildman–Crippen LogP) is 3.08. The molecule has 0 saturated heterocycles. The second-order valence-electron chi connectivity index (χ2n) is 5.02. The molecule has 3 heteroatoms. The number of nitrogens with two attached hydrogens (primary N) is 1. The summed E-state index contributed by atoms with van der Waals surface area (Å²) in [7, 11) is 2.02. The molecular weight excluding hydrogens is 263 g/mol. The highest BCUT2D eigenvalue weighted by molar-refractivity contribution is 5.49. The summed E-state index contributed by atoms with van der Waals surface area (Å²) >= 11 is 0. The van der Waals surface area contributed by atoms with Crippen molar-refractivity contribution in [3.8, 4) is 11.8 Å². The Morgan fingerprint density at radius 1 is 1.19 bits per heavy atom. The van der Waals surface area contributed by atoms with Gasteiger partial charge in [0.1, 0.15) is 5.82 Å². The highest BCUT2D eigenvalue weighted by Gasteiger charge is 2.05. The maximum atomic E-state index is 13.6. The van der Waals surface area contributed by atoms with Gasteiger partial charge < -0.3 is 10.6 Å². The monoisotopic (exact) mass is 282 g/mol. The van der Waals surface area contributed by atoms with E-state index < -0.39 is 0 Å². The molecule has 0 amide bonds. The number of hydrogen-bond donors (Lipinski definition) is 1. The summed E-state index contributed by atoms with van der Waals surface area (Å²) in [5.41, 5.74) is 9.09. The van der Waals surface area contributed by atoms with Crippen molar-refractivity contribution in [2.45, 2.75) is 13.5 Å². The largest absolute Gasteiger partial charge is 0.370 e. The lowest BCUT2D eigenvalue weighted by Crippen LogP contribution is -2.16. The lowest BCUT2D eigenvalue weighted by molar-refractivity contribution is 0.623. The Kier molecular flexibility index (Phi) is 4.97. The molecule has 0 aliphatic rings. The SMILES string of the molecule is Cc1cccc(N(C)Cc2ccc(F)c(C#CCN)c2)c1. The summed E-state index contributed by atoms with van der Waals surface area (Å²) in [6, 6.07) is 13.3. The molecule has 2 aromatic carbocycles. The van der Waals surface area contributed by atoms with Crippen molar-refractivity contribution in [3.05, 3.63) is 65.0 Å². The van der Waals surface area contributed by atoms with Crippen molar-refractivity contribution in [2.24, 2.45) is 5.73 Å². The zero-order chi connectivity index (χ0) is 15.2. The highest BCUT2D eigenvalue weighted by Crippen LogP contribution is 2.18. The molecule has 2 N–H and O–H groups in total. The molecule has 108 valence electrons. The maximum absolute atomic E-state index is 13.6. The van der Waals surface area contributed by atoms with Crippen molar-refractivity contribution in [1.82, 2.24) is 0 Å². The number of nitrogens with zero attached hydrogens (tertiary/aromatic N) is 1. The summed E-state index contributed by atoms with van der Waals surface area (Å²) in [5.74, 6) is 5.15. The fourth-order valence-corrected chi connectivity index (χ4v) is 2.14. The van der Waals surface area contributed by atoms with Crippen LogP contribution in [0.5, 0.6) is 0 Å². The molecule has 0 aliphatic heterocycles. The number of benzene rings is 2. The fraction of sp³-hybridized carbons (Fsp3) is 0.222. The van der Waals surface area contributed by atoms with E-state index >= 15 is 0 Å². The van der Waals surface area contributed by atoms with Crippen LogP contribution >= 0.6 is 0 Å². The summed E-state index contributed by atoms with van der Waals surface area (Å²) < 4.78 is 13.6. The van der Waals surface area contributed by atoms with Gasteiger partial charge in [-0.3, -0.25) is 0 Å². The number of hydrogen-bond acceptors (Lipinski definition) is 2. The van der Waals surface area contributed by atoms with Gasteiger partial charge >= 0.3 is 0 Å². The van der Waals surface area contributed by atoms with Crippen molar-refractivity contribution >= 4 is 5.69 Å². The second kappa shape index (κ2) is 6.92. The van der Waals surface area contributed by atoms with E-state index in [1.807, 2.05) is 13.1 Å². The molecule has 2 aromatic rings. The van der Waals surface area contributed by atoms with Crippen molar-refractivity contribution in [3.63, 3.8) is 0 Å². The molecule has 0 aromatic heterocycles. The zero-order valence-electron chi connectivity index (χ0n) is 12.4. The van der Waals surface area contributed by atoms with Gasteiger partial charge in [0.05, 0.1) is 12.1 Å². The van der Waals surface area contributed by atoms with Crippen LogP contribution < -0.4 is 10.6 Å². The topological polar surface area (TPSA) is 29.3 Å². The molecule has 21 heavy (non-hydrogen) atoms. The van der Waals surface area contributed by atoms with Gasteiger partial charge in [-0.15, -0.1) is 0 Å². The van der Waals surface area contributed by atoms with Gasteiger partial charge in [0.2, 0.25) is 0 Å². The minimum Gasteiger partial charge on any atom is -0.370 e. The molecule has 0 bridgehead atoms. The molecule has 0 spiro atoms.